The predicted molar refractivity (Wildman–Crippen MR) is 62.6 cm³/mol. The van der Waals surface area contributed by atoms with E-state index in [-0.39, 0.29) is 0 Å². The molecule has 1 atom stereocenters. The summed E-state index contributed by atoms with van der Waals surface area (Å²) in [6, 6.07) is 0.508. The molecule has 1 rings (SSSR count). The van der Waals surface area contributed by atoms with Gasteiger partial charge in [-0.2, -0.15) is 0 Å². The summed E-state index contributed by atoms with van der Waals surface area (Å²) in [7, 11) is 6.01. The van der Waals surface area contributed by atoms with Gasteiger partial charge in [-0.25, -0.2) is 5.84 Å². The lowest BCUT2D eigenvalue weighted by Gasteiger charge is -2.37. The van der Waals surface area contributed by atoms with Crippen molar-refractivity contribution in [3.8, 4) is 0 Å². The number of aliphatic imine (C=N–C) groups is 1. The monoisotopic (exact) mass is 214 g/mol. The van der Waals surface area contributed by atoms with E-state index in [1.54, 1.807) is 7.05 Å². The summed E-state index contributed by atoms with van der Waals surface area (Å²) in [4.78, 5) is 8.67. The van der Waals surface area contributed by atoms with Crippen molar-refractivity contribution in [1.82, 2.24) is 20.5 Å². The molecule has 15 heavy (non-hydrogen) atoms. The predicted octanol–water partition coefficient (Wildman–Crippen LogP) is -1.73. The maximum absolute atomic E-state index is 5.29. The first-order valence-corrected chi connectivity index (χ1v) is 5.23. The zero-order valence-electron chi connectivity index (χ0n) is 9.82. The van der Waals surface area contributed by atoms with E-state index in [4.69, 9.17) is 5.84 Å². The molecule has 1 aliphatic heterocycles. The number of piperazine rings is 1. The first-order chi connectivity index (χ1) is 7.17. The zero-order valence-corrected chi connectivity index (χ0v) is 9.82. The van der Waals surface area contributed by atoms with Crippen LogP contribution in [0.25, 0.3) is 0 Å². The molecule has 0 saturated carbocycles. The Labute approximate surface area is 91.5 Å². The summed E-state index contributed by atoms with van der Waals surface area (Å²) in [5.74, 6) is 5.93. The van der Waals surface area contributed by atoms with E-state index < -0.39 is 0 Å². The SMILES string of the molecule is CN=C(NN)NCC1CN(C)CCN1C. The van der Waals surface area contributed by atoms with Crippen LogP contribution < -0.4 is 16.6 Å². The second-order valence-corrected chi connectivity index (χ2v) is 3.99. The lowest BCUT2D eigenvalue weighted by Crippen LogP contribution is -2.55. The van der Waals surface area contributed by atoms with Gasteiger partial charge in [0, 0.05) is 39.3 Å². The molecule has 0 aromatic rings. The van der Waals surface area contributed by atoms with Gasteiger partial charge in [0.2, 0.25) is 5.96 Å². The highest BCUT2D eigenvalue weighted by Crippen LogP contribution is 2.04. The van der Waals surface area contributed by atoms with Gasteiger partial charge in [0.25, 0.3) is 0 Å². The van der Waals surface area contributed by atoms with E-state index in [2.05, 4.69) is 39.6 Å². The summed E-state index contributed by atoms with van der Waals surface area (Å²) in [6.07, 6.45) is 0. The Morgan fingerprint density at radius 2 is 2.20 bits per heavy atom. The van der Waals surface area contributed by atoms with Gasteiger partial charge < -0.3 is 10.2 Å². The van der Waals surface area contributed by atoms with Crippen LogP contribution in [0, 0.1) is 0 Å². The number of hydrogen-bond acceptors (Lipinski definition) is 4. The highest BCUT2D eigenvalue weighted by atomic mass is 15.3. The van der Waals surface area contributed by atoms with Crippen LogP contribution in [0.15, 0.2) is 4.99 Å². The van der Waals surface area contributed by atoms with Crippen molar-refractivity contribution in [1.29, 1.82) is 0 Å². The quantitative estimate of drug-likeness (QED) is 0.221. The molecule has 0 spiro atoms. The second-order valence-electron chi connectivity index (χ2n) is 3.99. The molecule has 0 bridgehead atoms. The van der Waals surface area contributed by atoms with Gasteiger partial charge in [0.15, 0.2) is 0 Å². The highest BCUT2D eigenvalue weighted by molar-refractivity contribution is 5.78. The maximum Gasteiger partial charge on any atom is 0.205 e. The largest absolute Gasteiger partial charge is 0.354 e. The number of likely N-dealkylation sites (N-methyl/N-ethyl adjacent to an activating group) is 2. The molecule has 0 amide bonds. The van der Waals surface area contributed by atoms with Gasteiger partial charge in [0.05, 0.1) is 0 Å². The van der Waals surface area contributed by atoms with Crippen molar-refractivity contribution >= 4 is 5.96 Å². The molecule has 1 fully saturated rings. The number of nitrogens with one attached hydrogen (secondary N) is 2. The molecule has 1 unspecified atom stereocenters. The topological polar surface area (TPSA) is 68.9 Å². The Balaban J connectivity index is 2.36. The number of rotatable bonds is 2. The van der Waals surface area contributed by atoms with Crippen molar-refractivity contribution in [3.63, 3.8) is 0 Å². The summed E-state index contributed by atoms with van der Waals surface area (Å²) >= 11 is 0. The van der Waals surface area contributed by atoms with Gasteiger partial charge in [-0.15, -0.1) is 0 Å². The second kappa shape index (κ2) is 5.89. The van der Waals surface area contributed by atoms with Crippen molar-refractivity contribution in [2.75, 3.05) is 47.3 Å². The molecule has 1 aliphatic rings. The maximum atomic E-state index is 5.29. The lowest BCUT2D eigenvalue weighted by atomic mass is 10.2. The minimum atomic E-state index is 0.508. The molecule has 0 aromatic carbocycles. The van der Waals surface area contributed by atoms with Crippen LogP contribution in [-0.2, 0) is 0 Å². The van der Waals surface area contributed by atoms with E-state index in [1.807, 2.05) is 0 Å². The third-order valence-corrected chi connectivity index (χ3v) is 2.85. The van der Waals surface area contributed by atoms with Crippen LogP contribution in [0.3, 0.4) is 0 Å². The fraction of sp³-hybridized carbons (Fsp3) is 0.889. The number of nitrogens with two attached hydrogens (primary N) is 1. The number of hydrazine groups is 1. The molecule has 1 saturated heterocycles. The average molecular weight is 214 g/mol. The fourth-order valence-electron chi connectivity index (χ4n) is 1.73. The Kier molecular flexibility index (Phi) is 4.80. The molecule has 0 radical (unpaired) electrons. The fourth-order valence-corrected chi connectivity index (χ4v) is 1.73. The smallest absolute Gasteiger partial charge is 0.205 e. The molecule has 1 heterocycles. The normalized spacial score (nSPS) is 25.3. The molecule has 0 aliphatic carbocycles. The molecule has 6 nitrogen and oxygen atoms in total. The average Bonchev–Trinajstić information content (AvgIpc) is 2.24. The minimum absolute atomic E-state index is 0.508. The summed E-state index contributed by atoms with van der Waals surface area (Å²) < 4.78 is 0. The van der Waals surface area contributed by atoms with Crippen LogP contribution in [0.5, 0.6) is 0 Å². The van der Waals surface area contributed by atoms with Gasteiger partial charge in [-0.05, 0) is 14.1 Å². The Morgan fingerprint density at radius 1 is 1.47 bits per heavy atom. The van der Waals surface area contributed by atoms with Gasteiger partial charge in [-0.1, -0.05) is 0 Å². The number of hydrogen-bond donors (Lipinski definition) is 3. The standard InChI is InChI=1S/C9H22N6/c1-11-9(13-10)12-6-8-7-14(2)4-5-15(8)3/h8H,4-7,10H2,1-3H3,(H2,11,12,13). The Bertz CT molecular complexity index is 217. The number of guanidine groups is 1. The highest BCUT2D eigenvalue weighted by Gasteiger charge is 2.21. The molecule has 4 N–H and O–H groups in total. The van der Waals surface area contributed by atoms with E-state index >= 15 is 0 Å². The van der Waals surface area contributed by atoms with Crippen LogP contribution >= 0.6 is 0 Å². The van der Waals surface area contributed by atoms with Gasteiger partial charge in [-0.3, -0.25) is 15.3 Å². The van der Waals surface area contributed by atoms with Crippen molar-refractivity contribution < 1.29 is 0 Å². The third kappa shape index (κ3) is 3.65. The minimum Gasteiger partial charge on any atom is -0.354 e. The Morgan fingerprint density at radius 3 is 2.80 bits per heavy atom. The third-order valence-electron chi connectivity index (χ3n) is 2.85. The molecule has 6 heteroatoms. The summed E-state index contributed by atoms with van der Waals surface area (Å²) in [6.45, 7) is 4.18. The van der Waals surface area contributed by atoms with Crippen LogP contribution in [-0.4, -0.2) is 69.1 Å². The van der Waals surface area contributed by atoms with Gasteiger partial charge in [0.1, 0.15) is 0 Å². The van der Waals surface area contributed by atoms with Crippen molar-refractivity contribution in [3.05, 3.63) is 0 Å². The molecular formula is C9H22N6. The summed E-state index contributed by atoms with van der Waals surface area (Å²) in [5, 5.41) is 3.19. The Hall–Kier alpha value is -0.850. The van der Waals surface area contributed by atoms with E-state index in [9.17, 15) is 0 Å². The summed E-state index contributed by atoms with van der Waals surface area (Å²) in [5.41, 5.74) is 2.52. The van der Waals surface area contributed by atoms with E-state index in [0.717, 1.165) is 26.2 Å². The van der Waals surface area contributed by atoms with E-state index in [1.165, 1.54) is 0 Å². The first kappa shape index (κ1) is 12.2. The van der Waals surface area contributed by atoms with Crippen LogP contribution in [0.1, 0.15) is 0 Å². The lowest BCUT2D eigenvalue weighted by molar-refractivity contribution is 0.116. The molecule has 0 aromatic heterocycles. The zero-order chi connectivity index (χ0) is 11.3. The first-order valence-electron chi connectivity index (χ1n) is 5.23. The molecule has 88 valence electrons. The van der Waals surface area contributed by atoms with Crippen LogP contribution in [0.4, 0.5) is 0 Å². The van der Waals surface area contributed by atoms with Crippen LogP contribution in [0.2, 0.25) is 0 Å². The van der Waals surface area contributed by atoms with E-state index in [0.29, 0.717) is 12.0 Å². The molecular weight excluding hydrogens is 192 g/mol. The van der Waals surface area contributed by atoms with Gasteiger partial charge >= 0.3 is 0 Å². The van der Waals surface area contributed by atoms with Crippen molar-refractivity contribution in [2.45, 2.75) is 6.04 Å². The van der Waals surface area contributed by atoms with Crippen molar-refractivity contribution in [2.24, 2.45) is 10.8 Å². The number of nitrogens with zero attached hydrogens (tertiary/aromatic N) is 3.